The summed E-state index contributed by atoms with van der Waals surface area (Å²) in [6.07, 6.45) is -0.0647. The van der Waals surface area contributed by atoms with Crippen LogP contribution in [-0.2, 0) is 22.4 Å². The molecular weight excluding hydrogens is 525 g/mol. The Hall–Kier alpha value is -2.56. The van der Waals surface area contributed by atoms with E-state index in [1.807, 2.05) is 41.8 Å². The highest BCUT2D eigenvalue weighted by molar-refractivity contribution is 7.29. The normalized spacial score (nSPS) is 11.2. The third kappa shape index (κ3) is 4.80. The number of hydrogen-bond donors (Lipinski definition) is 2. The summed E-state index contributed by atoms with van der Waals surface area (Å²) in [7, 11) is 0. The van der Waals surface area contributed by atoms with Crippen molar-refractivity contribution < 1.29 is 19.8 Å². The zero-order valence-electron chi connectivity index (χ0n) is 17.9. The molecule has 172 valence electrons. The fraction of sp³-hybridized carbons (Fsp3) is 0.120. The molecule has 0 saturated heterocycles. The van der Waals surface area contributed by atoms with Crippen molar-refractivity contribution in [2.45, 2.75) is 19.8 Å². The lowest BCUT2D eigenvalue weighted by Crippen LogP contribution is -1.99. The summed E-state index contributed by atoms with van der Waals surface area (Å²) in [6, 6.07) is 16.2. The average molecular weight is 543 g/mol. The SMILES string of the molecule is Cc1ccc(-c2cc(CC(=O)O)c(-c3ccc(-c4sc(-c5cccs5)cc4CC(=O)O)s3)s2)s1. The molecule has 5 aromatic heterocycles. The Morgan fingerprint density at radius 3 is 1.71 bits per heavy atom. The number of hydrogen-bond acceptors (Lipinski definition) is 7. The van der Waals surface area contributed by atoms with Crippen molar-refractivity contribution in [2.75, 3.05) is 0 Å². The first-order chi connectivity index (χ1) is 16.4. The Labute approximate surface area is 216 Å². The van der Waals surface area contributed by atoms with E-state index >= 15 is 0 Å². The fourth-order valence-electron chi connectivity index (χ4n) is 3.67. The number of aliphatic carboxylic acids is 2. The van der Waals surface area contributed by atoms with Crippen LogP contribution in [0.1, 0.15) is 16.0 Å². The summed E-state index contributed by atoms with van der Waals surface area (Å²) in [6.45, 7) is 2.06. The van der Waals surface area contributed by atoms with Gasteiger partial charge in [0.1, 0.15) is 0 Å². The van der Waals surface area contributed by atoms with Gasteiger partial charge in [-0.2, -0.15) is 0 Å². The quantitative estimate of drug-likeness (QED) is 0.207. The molecule has 4 nitrogen and oxygen atoms in total. The van der Waals surface area contributed by atoms with Crippen LogP contribution in [-0.4, -0.2) is 22.2 Å². The molecule has 34 heavy (non-hydrogen) atoms. The molecule has 0 unspecified atom stereocenters. The molecule has 9 heteroatoms. The van der Waals surface area contributed by atoms with E-state index in [-0.39, 0.29) is 12.8 Å². The maximum Gasteiger partial charge on any atom is 0.307 e. The van der Waals surface area contributed by atoms with E-state index in [1.165, 1.54) is 4.88 Å². The molecule has 0 radical (unpaired) electrons. The molecule has 5 heterocycles. The zero-order chi connectivity index (χ0) is 23.8. The average Bonchev–Trinajstić information content (AvgIpc) is 3.57. The third-order valence-corrected chi connectivity index (χ3v) is 11.2. The molecule has 2 N–H and O–H groups in total. The van der Waals surface area contributed by atoms with Crippen LogP contribution in [0.25, 0.3) is 39.0 Å². The van der Waals surface area contributed by atoms with Crippen LogP contribution in [0.3, 0.4) is 0 Å². The van der Waals surface area contributed by atoms with Crippen molar-refractivity contribution in [1.82, 2.24) is 0 Å². The molecule has 5 rings (SSSR count). The van der Waals surface area contributed by atoms with Gasteiger partial charge in [0.15, 0.2) is 0 Å². The molecule has 0 saturated carbocycles. The second-order valence-corrected chi connectivity index (χ2v) is 13.0. The molecule has 0 fully saturated rings. The van der Waals surface area contributed by atoms with Gasteiger partial charge >= 0.3 is 11.9 Å². The van der Waals surface area contributed by atoms with E-state index in [0.717, 1.165) is 50.1 Å². The van der Waals surface area contributed by atoms with Crippen LogP contribution in [0.15, 0.2) is 53.9 Å². The second kappa shape index (κ2) is 9.59. The van der Waals surface area contributed by atoms with Crippen molar-refractivity contribution in [3.8, 4) is 39.0 Å². The van der Waals surface area contributed by atoms with E-state index in [2.05, 4.69) is 19.1 Å². The molecule has 0 aliphatic heterocycles. The Morgan fingerprint density at radius 1 is 0.676 bits per heavy atom. The number of carbonyl (C=O) groups is 2. The van der Waals surface area contributed by atoms with E-state index in [0.29, 0.717) is 0 Å². The van der Waals surface area contributed by atoms with Crippen molar-refractivity contribution in [3.05, 3.63) is 69.9 Å². The second-order valence-electron chi connectivity index (χ2n) is 7.62. The first-order valence-electron chi connectivity index (χ1n) is 10.3. The summed E-state index contributed by atoms with van der Waals surface area (Å²) in [5.41, 5.74) is 1.61. The fourth-order valence-corrected chi connectivity index (χ4v) is 9.11. The maximum atomic E-state index is 11.5. The largest absolute Gasteiger partial charge is 0.481 e. The number of carboxylic acids is 2. The van der Waals surface area contributed by atoms with Gasteiger partial charge in [0.25, 0.3) is 0 Å². The van der Waals surface area contributed by atoms with Crippen LogP contribution in [0, 0.1) is 6.92 Å². The first kappa shape index (κ1) is 23.2. The standard InChI is InChI=1S/C25H18O4S5/c1-13-4-5-17(31-13)21-10-15(12-23(28)29)25(34-21)19-7-6-18(32-19)24-14(11-22(26)27)9-20(33-24)16-3-2-8-30-16/h2-10H,11-12H2,1H3,(H,26,27)(H,28,29). The number of rotatable bonds is 8. The lowest BCUT2D eigenvalue weighted by molar-refractivity contribution is -0.137. The van der Waals surface area contributed by atoms with E-state index in [1.54, 1.807) is 56.7 Å². The number of thiophene rings is 5. The summed E-state index contributed by atoms with van der Waals surface area (Å²) >= 11 is 8.15. The van der Waals surface area contributed by atoms with Crippen molar-refractivity contribution in [3.63, 3.8) is 0 Å². The summed E-state index contributed by atoms with van der Waals surface area (Å²) < 4.78 is 0. The minimum Gasteiger partial charge on any atom is -0.481 e. The van der Waals surface area contributed by atoms with Crippen molar-refractivity contribution >= 4 is 68.6 Å². The minimum atomic E-state index is -0.855. The molecule has 0 spiro atoms. The van der Waals surface area contributed by atoms with Gasteiger partial charge in [-0.05, 0) is 65.9 Å². The lowest BCUT2D eigenvalue weighted by Gasteiger charge is -1.99. The van der Waals surface area contributed by atoms with Gasteiger partial charge in [-0.3, -0.25) is 9.59 Å². The first-order valence-corrected chi connectivity index (χ1v) is 14.4. The predicted octanol–water partition coefficient (Wildman–Crippen LogP) is 8.22. The van der Waals surface area contributed by atoms with E-state index in [4.69, 9.17) is 0 Å². The monoisotopic (exact) mass is 542 g/mol. The molecule has 0 bridgehead atoms. The highest BCUT2D eigenvalue weighted by Crippen LogP contribution is 2.47. The van der Waals surface area contributed by atoms with E-state index < -0.39 is 11.9 Å². The van der Waals surface area contributed by atoms with Crippen molar-refractivity contribution in [1.29, 1.82) is 0 Å². The highest BCUT2D eigenvalue weighted by atomic mass is 32.1. The van der Waals surface area contributed by atoms with Crippen LogP contribution < -0.4 is 0 Å². The highest BCUT2D eigenvalue weighted by Gasteiger charge is 2.20. The molecule has 0 amide bonds. The van der Waals surface area contributed by atoms with Crippen LogP contribution in [0.4, 0.5) is 0 Å². The summed E-state index contributed by atoms with van der Waals surface area (Å²) in [5.74, 6) is -1.71. The van der Waals surface area contributed by atoms with Gasteiger partial charge in [0.2, 0.25) is 0 Å². The lowest BCUT2D eigenvalue weighted by atomic mass is 10.1. The maximum absolute atomic E-state index is 11.5. The Balaban J connectivity index is 1.56. The van der Waals surface area contributed by atoms with Gasteiger partial charge in [-0.25, -0.2) is 0 Å². The molecule has 0 atom stereocenters. The van der Waals surface area contributed by atoms with Gasteiger partial charge in [0, 0.05) is 43.9 Å². The molecule has 0 aliphatic rings. The van der Waals surface area contributed by atoms with Gasteiger partial charge in [-0.15, -0.1) is 56.7 Å². The molecular formula is C25H18O4S5. The van der Waals surface area contributed by atoms with Crippen LogP contribution >= 0.6 is 56.7 Å². The van der Waals surface area contributed by atoms with Crippen LogP contribution in [0.5, 0.6) is 0 Å². The zero-order valence-corrected chi connectivity index (χ0v) is 21.9. The van der Waals surface area contributed by atoms with Gasteiger partial charge in [-0.1, -0.05) is 6.07 Å². The number of carboxylic acid groups (broad SMARTS) is 2. The Morgan fingerprint density at radius 2 is 1.24 bits per heavy atom. The van der Waals surface area contributed by atoms with E-state index in [9.17, 15) is 19.8 Å². The third-order valence-electron chi connectivity index (χ3n) is 5.10. The molecule has 0 aliphatic carbocycles. The number of aryl methyl sites for hydroxylation is 1. The Kier molecular flexibility index (Phi) is 6.54. The van der Waals surface area contributed by atoms with Crippen molar-refractivity contribution in [2.24, 2.45) is 0 Å². The minimum absolute atomic E-state index is 0.0322. The van der Waals surface area contributed by atoms with Gasteiger partial charge < -0.3 is 10.2 Å². The van der Waals surface area contributed by atoms with Crippen LogP contribution in [0.2, 0.25) is 0 Å². The summed E-state index contributed by atoms with van der Waals surface area (Å²) in [5, 5.41) is 20.9. The Bertz CT molecular complexity index is 1480. The van der Waals surface area contributed by atoms with Gasteiger partial charge in [0.05, 0.1) is 12.8 Å². The summed E-state index contributed by atoms with van der Waals surface area (Å²) in [4.78, 5) is 32.6. The topological polar surface area (TPSA) is 74.6 Å². The molecule has 5 aromatic rings. The smallest absolute Gasteiger partial charge is 0.307 e. The molecule has 0 aromatic carbocycles. The predicted molar refractivity (Wildman–Crippen MR) is 145 cm³/mol.